The fraction of sp³-hybridized carbons (Fsp3) is 0.353. The van der Waals surface area contributed by atoms with Crippen LogP contribution in [0.3, 0.4) is 0 Å². The normalized spacial score (nSPS) is 10.5. The second-order valence-corrected chi connectivity index (χ2v) is 6.00. The number of anilines is 1. The van der Waals surface area contributed by atoms with E-state index in [0.717, 1.165) is 18.9 Å². The maximum Gasteiger partial charge on any atom is 0.412 e. The number of unbranched alkanes of at least 4 members (excludes halogenated alkanes) is 1. The van der Waals surface area contributed by atoms with E-state index in [4.69, 9.17) is 16.3 Å². The zero-order chi connectivity index (χ0) is 18.2. The highest BCUT2D eigenvalue weighted by atomic mass is 35.5. The summed E-state index contributed by atoms with van der Waals surface area (Å²) in [7, 11) is 0. The van der Waals surface area contributed by atoms with Crippen molar-refractivity contribution in [3.63, 3.8) is 0 Å². The van der Waals surface area contributed by atoms with Gasteiger partial charge >= 0.3 is 6.09 Å². The van der Waals surface area contributed by atoms with E-state index >= 15 is 0 Å². The summed E-state index contributed by atoms with van der Waals surface area (Å²) < 4.78 is 19.7. The van der Waals surface area contributed by atoms with E-state index in [1.165, 1.54) is 18.3 Å². The van der Waals surface area contributed by atoms with Crippen LogP contribution in [0.4, 0.5) is 14.9 Å². The number of aryl methyl sites for hydroxylation is 1. The predicted octanol–water partition coefficient (Wildman–Crippen LogP) is 4.18. The largest absolute Gasteiger partial charge is 0.444 e. The van der Waals surface area contributed by atoms with Gasteiger partial charge in [0.25, 0.3) is 0 Å². The van der Waals surface area contributed by atoms with Gasteiger partial charge in [-0.1, -0.05) is 17.7 Å². The van der Waals surface area contributed by atoms with E-state index in [0.29, 0.717) is 24.2 Å². The van der Waals surface area contributed by atoms with Gasteiger partial charge in [-0.25, -0.2) is 9.18 Å². The summed E-state index contributed by atoms with van der Waals surface area (Å²) in [5.74, 6) is -0.277. The lowest BCUT2D eigenvalue weighted by atomic mass is 10.2. The number of rotatable bonds is 8. The van der Waals surface area contributed by atoms with Crippen LogP contribution < -0.4 is 5.32 Å². The van der Waals surface area contributed by atoms with Crippen LogP contribution in [-0.2, 0) is 22.7 Å². The first-order valence-corrected chi connectivity index (χ1v) is 8.21. The number of Topliss-reactive ketones (excluding diaryl/α,β-unsaturated/α-hetero) is 1. The number of aromatic nitrogens is 2. The zero-order valence-corrected chi connectivity index (χ0v) is 14.6. The molecular weight excluding hydrogens is 349 g/mol. The van der Waals surface area contributed by atoms with Crippen molar-refractivity contribution >= 4 is 29.2 Å². The topological polar surface area (TPSA) is 73.2 Å². The van der Waals surface area contributed by atoms with Crippen LogP contribution in [0.5, 0.6) is 0 Å². The molecule has 2 aromatic rings. The quantitative estimate of drug-likeness (QED) is 0.710. The van der Waals surface area contributed by atoms with Gasteiger partial charge < -0.3 is 9.53 Å². The Morgan fingerprint density at radius 2 is 2.16 bits per heavy atom. The van der Waals surface area contributed by atoms with Crippen molar-refractivity contribution in [3.05, 3.63) is 47.0 Å². The highest BCUT2D eigenvalue weighted by molar-refractivity contribution is 6.31. The van der Waals surface area contributed by atoms with Crippen LogP contribution in [0.1, 0.15) is 31.7 Å². The van der Waals surface area contributed by atoms with Crippen molar-refractivity contribution in [2.75, 3.05) is 5.32 Å². The van der Waals surface area contributed by atoms with E-state index in [2.05, 4.69) is 10.4 Å². The van der Waals surface area contributed by atoms with E-state index in [-0.39, 0.29) is 17.4 Å². The highest BCUT2D eigenvalue weighted by Crippen LogP contribution is 2.18. The van der Waals surface area contributed by atoms with E-state index in [1.807, 2.05) is 0 Å². The lowest BCUT2D eigenvalue weighted by Gasteiger charge is -2.07. The molecule has 2 rings (SSSR count). The molecule has 0 unspecified atom stereocenters. The average Bonchev–Trinajstić information content (AvgIpc) is 2.98. The molecule has 1 heterocycles. The molecule has 0 bridgehead atoms. The number of carbonyl (C=O) groups is 2. The van der Waals surface area contributed by atoms with Crippen LogP contribution in [0.2, 0.25) is 5.02 Å². The van der Waals surface area contributed by atoms with Gasteiger partial charge in [0.05, 0.1) is 16.9 Å². The highest BCUT2D eigenvalue weighted by Gasteiger charge is 2.08. The second-order valence-electron chi connectivity index (χ2n) is 5.59. The Morgan fingerprint density at radius 3 is 2.88 bits per heavy atom. The summed E-state index contributed by atoms with van der Waals surface area (Å²) in [6.45, 7) is 2.17. The Balaban J connectivity index is 1.76. The molecule has 0 spiro atoms. The van der Waals surface area contributed by atoms with Crippen LogP contribution >= 0.6 is 11.6 Å². The minimum absolute atomic E-state index is 0.0653. The number of benzene rings is 1. The molecule has 0 atom stereocenters. The molecule has 0 saturated carbocycles. The molecule has 8 heteroatoms. The van der Waals surface area contributed by atoms with Crippen molar-refractivity contribution in [1.29, 1.82) is 0 Å². The molecule has 0 saturated heterocycles. The predicted molar refractivity (Wildman–Crippen MR) is 92.0 cm³/mol. The average molecular weight is 368 g/mol. The SMILES string of the molecule is CC(=O)CCCCn1cc(NC(=O)OCc2ccc(F)cc2Cl)cn1. The molecule has 0 aliphatic heterocycles. The monoisotopic (exact) mass is 367 g/mol. The molecule has 1 aromatic carbocycles. The van der Waals surface area contributed by atoms with Crippen LogP contribution in [-0.4, -0.2) is 21.7 Å². The van der Waals surface area contributed by atoms with Crippen molar-refractivity contribution < 1.29 is 18.7 Å². The molecule has 1 N–H and O–H groups in total. The third kappa shape index (κ3) is 6.54. The van der Waals surface area contributed by atoms with Gasteiger partial charge in [0.2, 0.25) is 0 Å². The molecular formula is C17H19ClFN3O3. The molecule has 0 aliphatic rings. The number of nitrogens with one attached hydrogen (secondary N) is 1. The standard InChI is InChI=1S/C17H19ClFN3O3/c1-12(23)4-2-3-7-22-10-15(9-20-22)21-17(24)25-11-13-5-6-14(19)8-16(13)18/h5-6,8-10H,2-4,7,11H2,1H3,(H,21,24). The first-order valence-electron chi connectivity index (χ1n) is 7.83. The third-order valence-corrected chi connectivity index (χ3v) is 3.77. The lowest BCUT2D eigenvalue weighted by Crippen LogP contribution is -2.13. The third-order valence-electron chi connectivity index (χ3n) is 3.42. The molecule has 6 nitrogen and oxygen atoms in total. The van der Waals surface area contributed by atoms with Gasteiger partial charge in [-0.2, -0.15) is 5.10 Å². The van der Waals surface area contributed by atoms with E-state index in [9.17, 15) is 14.0 Å². The number of halogens is 2. The van der Waals surface area contributed by atoms with E-state index in [1.54, 1.807) is 17.8 Å². The summed E-state index contributed by atoms with van der Waals surface area (Å²) in [6.07, 6.45) is 4.73. The zero-order valence-electron chi connectivity index (χ0n) is 13.8. The van der Waals surface area contributed by atoms with Crippen LogP contribution in [0.25, 0.3) is 0 Å². The van der Waals surface area contributed by atoms with Crippen molar-refractivity contribution in [2.24, 2.45) is 0 Å². The fourth-order valence-corrected chi connectivity index (χ4v) is 2.36. The Labute approximate surface area is 149 Å². The van der Waals surface area contributed by atoms with E-state index < -0.39 is 11.9 Å². The maximum atomic E-state index is 13.0. The Bertz CT molecular complexity index is 748. The van der Waals surface area contributed by atoms with Gasteiger partial charge in [-0.3, -0.25) is 10.00 Å². The molecule has 0 fully saturated rings. The summed E-state index contributed by atoms with van der Waals surface area (Å²) in [5, 5.41) is 6.88. The smallest absolute Gasteiger partial charge is 0.412 e. The second kappa shape index (κ2) is 9.17. The lowest BCUT2D eigenvalue weighted by molar-refractivity contribution is -0.117. The minimum Gasteiger partial charge on any atom is -0.444 e. The molecule has 134 valence electrons. The number of hydrogen-bond donors (Lipinski definition) is 1. The Kier molecular flexibility index (Phi) is 6.94. The Hall–Kier alpha value is -2.41. The number of ether oxygens (including phenoxy) is 1. The summed E-state index contributed by atoms with van der Waals surface area (Å²) in [6, 6.07) is 3.87. The number of ketones is 1. The van der Waals surface area contributed by atoms with Crippen molar-refractivity contribution in [2.45, 2.75) is 39.3 Å². The first-order chi connectivity index (χ1) is 11.9. The number of amides is 1. The Morgan fingerprint density at radius 1 is 1.36 bits per heavy atom. The van der Waals surface area contributed by atoms with Gasteiger partial charge in [0.15, 0.2) is 0 Å². The number of carbonyl (C=O) groups excluding carboxylic acids is 2. The van der Waals surface area contributed by atoms with Crippen molar-refractivity contribution in [1.82, 2.24) is 9.78 Å². The molecule has 25 heavy (non-hydrogen) atoms. The van der Waals surface area contributed by atoms with Gasteiger partial charge in [0.1, 0.15) is 18.2 Å². The van der Waals surface area contributed by atoms with Gasteiger partial charge in [0, 0.05) is 24.7 Å². The minimum atomic E-state index is -0.656. The van der Waals surface area contributed by atoms with Gasteiger partial charge in [-0.15, -0.1) is 0 Å². The molecule has 0 aliphatic carbocycles. The van der Waals surface area contributed by atoms with Gasteiger partial charge in [-0.05, 0) is 31.9 Å². The van der Waals surface area contributed by atoms with Crippen molar-refractivity contribution in [3.8, 4) is 0 Å². The number of nitrogens with zero attached hydrogens (tertiary/aromatic N) is 2. The van der Waals surface area contributed by atoms with Crippen LogP contribution in [0, 0.1) is 5.82 Å². The summed E-state index contributed by atoms with van der Waals surface area (Å²) in [4.78, 5) is 22.7. The first kappa shape index (κ1) is 18.9. The molecule has 1 amide bonds. The molecule has 0 radical (unpaired) electrons. The molecule has 1 aromatic heterocycles. The number of hydrogen-bond acceptors (Lipinski definition) is 4. The maximum absolute atomic E-state index is 13.0. The van der Waals surface area contributed by atoms with Crippen LogP contribution in [0.15, 0.2) is 30.6 Å². The summed E-state index contributed by atoms with van der Waals surface area (Å²) >= 11 is 5.87. The fourth-order valence-electron chi connectivity index (χ4n) is 2.13. The summed E-state index contributed by atoms with van der Waals surface area (Å²) in [5.41, 5.74) is 1.01.